The Morgan fingerprint density at radius 3 is 2.52 bits per heavy atom. The number of piperidine rings is 1. The number of benzene rings is 1. The minimum Gasteiger partial charge on any atom is -0.481 e. The molecule has 21 heavy (non-hydrogen) atoms. The van der Waals surface area contributed by atoms with Crippen molar-refractivity contribution in [1.29, 1.82) is 0 Å². The van der Waals surface area contributed by atoms with Crippen LogP contribution in [0.2, 0.25) is 0 Å². The first-order chi connectivity index (χ1) is 10.1. The van der Waals surface area contributed by atoms with Crippen LogP contribution in [0.15, 0.2) is 24.3 Å². The monoisotopic (exact) mass is 290 g/mol. The summed E-state index contributed by atoms with van der Waals surface area (Å²) < 4.78 is 5.82. The van der Waals surface area contributed by atoms with E-state index < -0.39 is 6.10 Å². The Bertz CT molecular complexity index is 450. The summed E-state index contributed by atoms with van der Waals surface area (Å²) in [5.74, 6) is 0.763. The zero-order chi connectivity index (χ0) is 15.2. The average molecular weight is 290 g/mol. The standard InChI is InChI=1S/C17H26N2O2/c1-4-16(21-15-7-5-13(2)6-8-15)17(20)18-14-9-11-19(3)12-10-14/h5-8,14,16H,4,9-12H2,1-3H3,(H,18,20)/t16-/m0/s1. The number of hydrogen-bond acceptors (Lipinski definition) is 3. The van der Waals surface area contributed by atoms with Gasteiger partial charge in [-0.15, -0.1) is 0 Å². The molecule has 0 aromatic heterocycles. The van der Waals surface area contributed by atoms with Gasteiger partial charge in [0, 0.05) is 6.04 Å². The summed E-state index contributed by atoms with van der Waals surface area (Å²) in [5.41, 5.74) is 1.19. The van der Waals surface area contributed by atoms with E-state index in [0.29, 0.717) is 6.42 Å². The molecular weight excluding hydrogens is 264 g/mol. The van der Waals surface area contributed by atoms with Crippen LogP contribution in [-0.4, -0.2) is 43.1 Å². The van der Waals surface area contributed by atoms with Crippen molar-refractivity contribution in [2.45, 2.75) is 45.3 Å². The molecule has 1 N–H and O–H groups in total. The Labute approximate surface area is 127 Å². The van der Waals surface area contributed by atoms with Crippen molar-refractivity contribution in [3.05, 3.63) is 29.8 Å². The number of likely N-dealkylation sites (tertiary alicyclic amines) is 1. The number of aryl methyl sites for hydroxylation is 1. The van der Waals surface area contributed by atoms with Crippen LogP contribution in [-0.2, 0) is 4.79 Å². The van der Waals surface area contributed by atoms with Crippen molar-refractivity contribution >= 4 is 5.91 Å². The quantitative estimate of drug-likeness (QED) is 0.905. The summed E-state index contributed by atoms with van der Waals surface area (Å²) in [4.78, 5) is 14.6. The Balaban J connectivity index is 1.87. The zero-order valence-corrected chi connectivity index (χ0v) is 13.3. The molecule has 1 saturated heterocycles. The number of nitrogens with one attached hydrogen (secondary N) is 1. The first kappa shape index (κ1) is 15.8. The lowest BCUT2D eigenvalue weighted by molar-refractivity contribution is -0.129. The summed E-state index contributed by atoms with van der Waals surface area (Å²) in [5, 5.41) is 3.13. The largest absolute Gasteiger partial charge is 0.481 e. The maximum atomic E-state index is 12.3. The van der Waals surface area contributed by atoms with Gasteiger partial charge in [-0.05, 0) is 58.5 Å². The summed E-state index contributed by atoms with van der Waals surface area (Å²) in [6.07, 6.45) is 2.30. The van der Waals surface area contributed by atoms with E-state index >= 15 is 0 Å². The normalized spacial score (nSPS) is 18.2. The van der Waals surface area contributed by atoms with Crippen LogP contribution in [0.3, 0.4) is 0 Å². The average Bonchev–Trinajstić information content (AvgIpc) is 2.49. The minimum atomic E-state index is -0.410. The molecule has 116 valence electrons. The van der Waals surface area contributed by atoms with Crippen LogP contribution >= 0.6 is 0 Å². The summed E-state index contributed by atoms with van der Waals surface area (Å²) in [7, 11) is 2.12. The summed E-state index contributed by atoms with van der Waals surface area (Å²) in [6.45, 7) is 6.10. The van der Waals surface area contributed by atoms with Crippen molar-refractivity contribution in [3.8, 4) is 5.75 Å². The highest BCUT2D eigenvalue weighted by Crippen LogP contribution is 2.15. The van der Waals surface area contributed by atoms with E-state index in [1.54, 1.807) is 0 Å². The topological polar surface area (TPSA) is 41.6 Å². The first-order valence-electron chi connectivity index (χ1n) is 7.80. The maximum Gasteiger partial charge on any atom is 0.261 e. The number of ether oxygens (including phenoxy) is 1. The second-order valence-corrected chi connectivity index (χ2v) is 5.91. The van der Waals surface area contributed by atoms with Gasteiger partial charge in [0.15, 0.2) is 6.10 Å². The lowest BCUT2D eigenvalue weighted by Crippen LogP contribution is -2.47. The molecule has 4 heteroatoms. The predicted octanol–water partition coefficient (Wildman–Crippen LogP) is 2.36. The molecule has 1 aliphatic rings. The SMILES string of the molecule is CC[C@H](Oc1ccc(C)cc1)C(=O)NC1CCN(C)CC1. The van der Waals surface area contributed by atoms with Crippen molar-refractivity contribution in [2.75, 3.05) is 20.1 Å². The highest BCUT2D eigenvalue weighted by Gasteiger charge is 2.23. The summed E-state index contributed by atoms with van der Waals surface area (Å²) in [6, 6.07) is 8.11. The van der Waals surface area contributed by atoms with Crippen LogP contribution in [0, 0.1) is 6.92 Å². The van der Waals surface area contributed by atoms with E-state index in [2.05, 4.69) is 17.3 Å². The highest BCUT2D eigenvalue weighted by atomic mass is 16.5. The first-order valence-corrected chi connectivity index (χ1v) is 7.80. The fourth-order valence-electron chi connectivity index (χ4n) is 2.55. The lowest BCUT2D eigenvalue weighted by Gasteiger charge is -2.30. The Kier molecular flexibility index (Phi) is 5.62. The van der Waals surface area contributed by atoms with Crippen molar-refractivity contribution in [2.24, 2.45) is 0 Å². The number of rotatable bonds is 5. The van der Waals surface area contributed by atoms with Crippen molar-refractivity contribution in [1.82, 2.24) is 10.2 Å². The van der Waals surface area contributed by atoms with Crippen LogP contribution in [0.4, 0.5) is 0 Å². The molecule has 1 fully saturated rings. The number of amides is 1. The van der Waals surface area contributed by atoms with Crippen LogP contribution in [0.5, 0.6) is 5.75 Å². The maximum absolute atomic E-state index is 12.3. The van der Waals surface area contributed by atoms with E-state index in [1.807, 2.05) is 38.1 Å². The zero-order valence-electron chi connectivity index (χ0n) is 13.3. The molecule has 1 aliphatic heterocycles. The molecule has 1 amide bonds. The van der Waals surface area contributed by atoms with Gasteiger partial charge in [-0.1, -0.05) is 24.6 Å². The molecule has 0 aliphatic carbocycles. The van der Waals surface area contributed by atoms with Crippen LogP contribution < -0.4 is 10.1 Å². The van der Waals surface area contributed by atoms with Gasteiger partial charge in [0.1, 0.15) is 5.75 Å². The van der Waals surface area contributed by atoms with Gasteiger partial charge < -0.3 is 15.0 Å². The third-order valence-corrected chi connectivity index (χ3v) is 4.03. The lowest BCUT2D eigenvalue weighted by atomic mass is 10.1. The molecule has 4 nitrogen and oxygen atoms in total. The third kappa shape index (κ3) is 4.74. The second kappa shape index (κ2) is 7.46. The predicted molar refractivity (Wildman–Crippen MR) is 84.5 cm³/mol. The second-order valence-electron chi connectivity index (χ2n) is 5.91. The molecule has 1 aromatic carbocycles. The van der Waals surface area contributed by atoms with Gasteiger partial charge in [-0.2, -0.15) is 0 Å². The van der Waals surface area contributed by atoms with Gasteiger partial charge in [-0.3, -0.25) is 4.79 Å². The Morgan fingerprint density at radius 1 is 1.33 bits per heavy atom. The van der Waals surface area contributed by atoms with Crippen molar-refractivity contribution in [3.63, 3.8) is 0 Å². The molecule has 0 saturated carbocycles. The number of hydrogen-bond donors (Lipinski definition) is 1. The van der Waals surface area contributed by atoms with E-state index in [0.717, 1.165) is 31.7 Å². The Hall–Kier alpha value is -1.55. The van der Waals surface area contributed by atoms with Crippen LogP contribution in [0.1, 0.15) is 31.7 Å². The number of carbonyl (C=O) groups excluding carboxylic acids is 1. The van der Waals surface area contributed by atoms with E-state index in [1.165, 1.54) is 5.56 Å². The Morgan fingerprint density at radius 2 is 1.95 bits per heavy atom. The minimum absolute atomic E-state index is 0.00706. The molecule has 1 atom stereocenters. The third-order valence-electron chi connectivity index (χ3n) is 4.03. The molecule has 2 rings (SSSR count). The fourth-order valence-corrected chi connectivity index (χ4v) is 2.55. The van der Waals surface area contributed by atoms with Gasteiger partial charge in [-0.25, -0.2) is 0 Å². The van der Waals surface area contributed by atoms with E-state index in [9.17, 15) is 4.79 Å². The van der Waals surface area contributed by atoms with Gasteiger partial charge in [0.25, 0.3) is 5.91 Å². The van der Waals surface area contributed by atoms with Gasteiger partial charge in [0.2, 0.25) is 0 Å². The molecular formula is C17H26N2O2. The molecule has 1 aromatic rings. The molecule has 0 spiro atoms. The molecule has 0 bridgehead atoms. The van der Waals surface area contributed by atoms with Crippen molar-refractivity contribution < 1.29 is 9.53 Å². The molecule has 0 unspecified atom stereocenters. The van der Waals surface area contributed by atoms with Crippen LogP contribution in [0.25, 0.3) is 0 Å². The summed E-state index contributed by atoms with van der Waals surface area (Å²) >= 11 is 0. The fraction of sp³-hybridized carbons (Fsp3) is 0.588. The number of carbonyl (C=O) groups is 1. The smallest absolute Gasteiger partial charge is 0.261 e. The molecule has 1 heterocycles. The van der Waals surface area contributed by atoms with Gasteiger partial charge >= 0.3 is 0 Å². The van der Waals surface area contributed by atoms with E-state index in [-0.39, 0.29) is 11.9 Å². The highest BCUT2D eigenvalue weighted by molar-refractivity contribution is 5.81. The van der Waals surface area contributed by atoms with Gasteiger partial charge in [0.05, 0.1) is 0 Å². The molecule has 0 radical (unpaired) electrons. The number of nitrogens with zero attached hydrogens (tertiary/aromatic N) is 1. The van der Waals surface area contributed by atoms with E-state index in [4.69, 9.17) is 4.74 Å².